The topological polar surface area (TPSA) is 38.0 Å². The lowest BCUT2D eigenvalue weighted by Crippen LogP contribution is -2.30. The van der Waals surface area contributed by atoms with Crippen LogP contribution in [0.15, 0.2) is 12.3 Å². The number of aliphatic hydroxyl groups is 1. The van der Waals surface area contributed by atoms with Gasteiger partial charge < -0.3 is 5.11 Å². The Morgan fingerprint density at radius 1 is 1.33 bits per heavy atom. The third kappa shape index (κ3) is 3.25. The van der Waals surface area contributed by atoms with Crippen LogP contribution in [0, 0.1) is 0 Å². The van der Waals surface area contributed by atoms with E-state index in [-0.39, 0.29) is 0 Å². The molecule has 1 aliphatic carbocycles. The SMILES string of the molecule is OC(Cc1ccn(C2CCCCC2)n1)C(F)(F)F. The van der Waals surface area contributed by atoms with E-state index in [1.165, 1.54) is 6.42 Å². The number of rotatable bonds is 3. The fraction of sp³-hybridized carbons (Fsp3) is 0.750. The predicted octanol–water partition coefficient (Wildman–Crippen LogP) is 2.85. The average molecular weight is 262 g/mol. The fourth-order valence-corrected chi connectivity index (χ4v) is 2.35. The van der Waals surface area contributed by atoms with Crippen molar-refractivity contribution in [3.8, 4) is 0 Å². The molecule has 1 saturated carbocycles. The molecule has 3 nitrogen and oxygen atoms in total. The lowest BCUT2D eigenvalue weighted by atomic mass is 9.96. The highest BCUT2D eigenvalue weighted by Crippen LogP contribution is 2.28. The van der Waals surface area contributed by atoms with E-state index in [0.29, 0.717) is 11.7 Å². The van der Waals surface area contributed by atoms with Crippen molar-refractivity contribution in [1.29, 1.82) is 0 Å². The Labute approximate surface area is 104 Å². The van der Waals surface area contributed by atoms with Gasteiger partial charge in [-0.2, -0.15) is 18.3 Å². The van der Waals surface area contributed by atoms with Crippen molar-refractivity contribution >= 4 is 0 Å². The Hall–Kier alpha value is -1.04. The molecule has 0 saturated heterocycles. The van der Waals surface area contributed by atoms with Crippen LogP contribution >= 0.6 is 0 Å². The second kappa shape index (κ2) is 5.30. The maximum absolute atomic E-state index is 12.2. The molecule has 0 spiro atoms. The highest BCUT2D eigenvalue weighted by Gasteiger charge is 2.38. The summed E-state index contributed by atoms with van der Waals surface area (Å²) < 4.78 is 38.4. The maximum atomic E-state index is 12.2. The van der Waals surface area contributed by atoms with Crippen molar-refractivity contribution in [3.05, 3.63) is 18.0 Å². The number of nitrogens with zero attached hydrogens (tertiary/aromatic N) is 2. The average Bonchev–Trinajstić information content (AvgIpc) is 2.77. The molecule has 0 aromatic carbocycles. The van der Waals surface area contributed by atoms with Crippen LogP contribution in [0.3, 0.4) is 0 Å². The number of aromatic nitrogens is 2. The summed E-state index contributed by atoms with van der Waals surface area (Å²) in [6.07, 6.45) is -0.0850. The van der Waals surface area contributed by atoms with E-state index in [1.54, 1.807) is 16.9 Å². The zero-order valence-corrected chi connectivity index (χ0v) is 10.0. The van der Waals surface area contributed by atoms with E-state index in [0.717, 1.165) is 25.7 Å². The Bertz CT molecular complexity index is 383. The van der Waals surface area contributed by atoms with Crippen LogP contribution in [-0.2, 0) is 6.42 Å². The standard InChI is InChI=1S/C12H17F3N2O/c13-12(14,15)11(18)8-9-6-7-17(16-9)10-4-2-1-3-5-10/h6-7,10-11,18H,1-5,8H2. The lowest BCUT2D eigenvalue weighted by molar-refractivity contribution is -0.203. The van der Waals surface area contributed by atoms with E-state index >= 15 is 0 Å². The highest BCUT2D eigenvalue weighted by atomic mass is 19.4. The number of aliphatic hydroxyl groups excluding tert-OH is 1. The molecule has 0 aliphatic heterocycles. The minimum Gasteiger partial charge on any atom is -0.383 e. The molecule has 1 fully saturated rings. The number of hydrogen-bond donors (Lipinski definition) is 1. The molecule has 0 bridgehead atoms. The van der Waals surface area contributed by atoms with Crippen LogP contribution in [-0.4, -0.2) is 27.2 Å². The normalized spacial score (nSPS) is 20.0. The maximum Gasteiger partial charge on any atom is 0.414 e. The molecular formula is C12H17F3N2O. The first-order chi connectivity index (χ1) is 8.47. The Kier molecular flexibility index (Phi) is 3.94. The minimum absolute atomic E-state index is 0.297. The third-order valence-electron chi connectivity index (χ3n) is 3.39. The van der Waals surface area contributed by atoms with Crippen molar-refractivity contribution in [1.82, 2.24) is 9.78 Å². The first-order valence-electron chi connectivity index (χ1n) is 6.25. The molecule has 2 rings (SSSR count). The van der Waals surface area contributed by atoms with Crippen LogP contribution in [0.5, 0.6) is 0 Å². The predicted molar refractivity (Wildman–Crippen MR) is 60.1 cm³/mol. The van der Waals surface area contributed by atoms with Crippen LogP contribution < -0.4 is 0 Å². The van der Waals surface area contributed by atoms with E-state index in [1.807, 2.05) is 0 Å². The van der Waals surface area contributed by atoms with Gasteiger partial charge in [0.2, 0.25) is 0 Å². The summed E-state index contributed by atoms with van der Waals surface area (Å²) >= 11 is 0. The summed E-state index contributed by atoms with van der Waals surface area (Å²) in [7, 11) is 0. The molecule has 102 valence electrons. The molecule has 18 heavy (non-hydrogen) atoms. The summed E-state index contributed by atoms with van der Waals surface area (Å²) in [6.45, 7) is 0. The van der Waals surface area contributed by atoms with Crippen LogP contribution in [0.4, 0.5) is 13.2 Å². The van der Waals surface area contributed by atoms with Gasteiger partial charge in [0.25, 0.3) is 0 Å². The van der Waals surface area contributed by atoms with Crippen LogP contribution in [0.1, 0.15) is 43.8 Å². The summed E-state index contributed by atoms with van der Waals surface area (Å²) in [4.78, 5) is 0. The zero-order chi connectivity index (χ0) is 13.2. The quantitative estimate of drug-likeness (QED) is 0.909. The first kappa shape index (κ1) is 13.4. The molecule has 1 aromatic heterocycles. The second-order valence-electron chi connectivity index (χ2n) is 4.84. The molecule has 1 unspecified atom stereocenters. The fourth-order valence-electron chi connectivity index (χ4n) is 2.35. The Morgan fingerprint density at radius 2 is 2.00 bits per heavy atom. The van der Waals surface area contributed by atoms with Crippen molar-refractivity contribution in [3.63, 3.8) is 0 Å². The van der Waals surface area contributed by atoms with E-state index in [4.69, 9.17) is 5.11 Å². The van der Waals surface area contributed by atoms with E-state index < -0.39 is 18.7 Å². The molecule has 1 aromatic rings. The minimum atomic E-state index is -4.57. The number of alkyl halides is 3. The molecular weight excluding hydrogens is 245 g/mol. The molecule has 1 N–H and O–H groups in total. The Morgan fingerprint density at radius 3 is 2.61 bits per heavy atom. The van der Waals surface area contributed by atoms with Gasteiger partial charge >= 0.3 is 6.18 Å². The van der Waals surface area contributed by atoms with Crippen LogP contribution in [0.25, 0.3) is 0 Å². The van der Waals surface area contributed by atoms with Gasteiger partial charge in [0.05, 0.1) is 11.7 Å². The van der Waals surface area contributed by atoms with Gasteiger partial charge in [-0.1, -0.05) is 19.3 Å². The Balaban J connectivity index is 1.97. The monoisotopic (exact) mass is 262 g/mol. The lowest BCUT2D eigenvalue weighted by Gasteiger charge is -2.21. The molecule has 0 radical (unpaired) electrons. The van der Waals surface area contributed by atoms with Gasteiger partial charge in [-0.25, -0.2) is 0 Å². The summed E-state index contributed by atoms with van der Waals surface area (Å²) in [5.41, 5.74) is 0.297. The van der Waals surface area contributed by atoms with E-state index in [2.05, 4.69) is 5.10 Å². The smallest absolute Gasteiger partial charge is 0.383 e. The van der Waals surface area contributed by atoms with Crippen molar-refractivity contribution in [2.24, 2.45) is 0 Å². The van der Waals surface area contributed by atoms with E-state index in [9.17, 15) is 13.2 Å². The van der Waals surface area contributed by atoms with Crippen molar-refractivity contribution < 1.29 is 18.3 Å². The largest absolute Gasteiger partial charge is 0.414 e. The van der Waals surface area contributed by atoms with Gasteiger partial charge in [0, 0.05) is 12.6 Å². The van der Waals surface area contributed by atoms with Gasteiger partial charge in [0.1, 0.15) is 0 Å². The summed E-state index contributed by atoms with van der Waals surface area (Å²) in [6, 6.07) is 1.86. The summed E-state index contributed by atoms with van der Waals surface area (Å²) in [5, 5.41) is 13.1. The van der Waals surface area contributed by atoms with Crippen molar-refractivity contribution in [2.45, 2.75) is 56.8 Å². The van der Waals surface area contributed by atoms with Gasteiger partial charge in [0.15, 0.2) is 6.10 Å². The third-order valence-corrected chi connectivity index (χ3v) is 3.39. The number of hydrogen-bond acceptors (Lipinski definition) is 2. The van der Waals surface area contributed by atoms with Crippen molar-refractivity contribution in [2.75, 3.05) is 0 Å². The number of halogens is 3. The zero-order valence-electron chi connectivity index (χ0n) is 10.0. The molecule has 1 heterocycles. The molecule has 1 aliphatic rings. The van der Waals surface area contributed by atoms with Gasteiger partial charge in [-0.3, -0.25) is 4.68 Å². The first-order valence-corrected chi connectivity index (χ1v) is 6.25. The molecule has 0 amide bonds. The van der Waals surface area contributed by atoms with Gasteiger partial charge in [-0.05, 0) is 18.9 Å². The molecule has 1 atom stereocenters. The molecule has 6 heteroatoms. The van der Waals surface area contributed by atoms with Crippen LogP contribution in [0.2, 0.25) is 0 Å². The van der Waals surface area contributed by atoms with Gasteiger partial charge in [-0.15, -0.1) is 0 Å². The second-order valence-corrected chi connectivity index (χ2v) is 4.84. The highest BCUT2D eigenvalue weighted by molar-refractivity contribution is 5.02. The summed E-state index contributed by atoms with van der Waals surface area (Å²) in [5.74, 6) is 0.